The van der Waals surface area contributed by atoms with E-state index in [0.29, 0.717) is 18.3 Å². The number of hydrogen-bond donors (Lipinski definition) is 2. The molecule has 108 valence electrons. The van der Waals surface area contributed by atoms with Crippen molar-refractivity contribution in [2.24, 2.45) is 10.9 Å². The van der Waals surface area contributed by atoms with Crippen molar-refractivity contribution in [3.05, 3.63) is 0 Å². The predicted molar refractivity (Wildman–Crippen MR) is 78.1 cm³/mol. The molecular formula is C14H31N3O. The maximum absolute atomic E-state index is 8.53. The summed E-state index contributed by atoms with van der Waals surface area (Å²) in [6, 6.07) is 0.334. The average Bonchev–Trinajstić information content (AvgIpc) is 2.37. The van der Waals surface area contributed by atoms with Crippen LogP contribution in [0.4, 0.5) is 0 Å². The highest BCUT2D eigenvalue weighted by atomic mass is 16.4. The molecular weight excluding hydrogens is 226 g/mol. The summed E-state index contributed by atoms with van der Waals surface area (Å²) in [5.74, 6) is 0.314. The molecule has 0 aromatic carbocycles. The highest BCUT2D eigenvalue weighted by Crippen LogP contribution is 2.09. The number of nitrogens with two attached hydrogens (primary N) is 1. The van der Waals surface area contributed by atoms with E-state index in [1.807, 2.05) is 0 Å². The van der Waals surface area contributed by atoms with Crippen LogP contribution in [0.15, 0.2) is 5.16 Å². The lowest BCUT2D eigenvalue weighted by atomic mass is 10.1. The van der Waals surface area contributed by atoms with Crippen LogP contribution in [0.1, 0.15) is 65.2 Å². The molecule has 0 amide bonds. The number of rotatable bonds is 11. The Bertz CT molecular complexity index is 219. The summed E-state index contributed by atoms with van der Waals surface area (Å²) >= 11 is 0. The van der Waals surface area contributed by atoms with Crippen molar-refractivity contribution in [3.8, 4) is 0 Å². The second-order valence-electron chi connectivity index (χ2n) is 5.25. The Hall–Kier alpha value is -0.770. The van der Waals surface area contributed by atoms with Crippen molar-refractivity contribution in [2.45, 2.75) is 71.3 Å². The number of unbranched alkanes of at least 4 members (excludes halogenated alkanes) is 6. The van der Waals surface area contributed by atoms with E-state index in [1.54, 1.807) is 0 Å². The highest BCUT2D eigenvalue weighted by Gasteiger charge is 2.10. The smallest absolute Gasteiger partial charge is 0.140 e. The fourth-order valence-electron chi connectivity index (χ4n) is 2.04. The maximum Gasteiger partial charge on any atom is 0.140 e. The van der Waals surface area contributed by atoms with Gasteiger partial charge in [-0.15, -0.1) is 0 Å². The Balaban J connectivity index is 3.49. The second kappa shape index (κ2) is 11.3. The van der Waals surface area contributed by atoms with E-state index in [9.17, 15) is 0 Å². The monoisotopic (exact) mass is 257 g/mol. The quantitative estimate of drug-likeness (QED) is 0.196. The summed E-state index contributed by atoms with van der Waals surface area (Å²) < 4.78 is 0. The minimum absolute atomic E-state index is 0.314. The van der Waals surface area contributed by atoms with Crippen molar-refractivity contribution in [1.82, 2.24) is 4.90 Å². The van der Waals surface area contributed by atoms with Crippen LogP contribution in [-0.4, -0.2) is 35.6 Å². The molecule has 0 aromatic rings. The molecule has 0 bridgehead atoms. The van der Waals surface area contributed by atoms with Gasteiger partial charge >= 0.3 is 0 Å². The van der Waals surface area contributed by atoms with Crippen molar-refractivity contribution < 1.29 is 5.21 Å². The first kappa shape index (κ1) is 17.2. The number of oxime groups is 1. The third kappa shape index (κ3) is 9.28. The molecule has 1 atom stereocenters. The fourth-order valence-corrected chi connectivity index (χ4v) is 2.04. The van der Waals surface area contributed by atoms with Gasteiger partial charge in [0, 0.05) is 12.5 Å². The van der Waals surface area contributed by atoms with E-state index in [4.69, 9.17) is 10.9 Å². The van der Waals surface area contributed by atoms with E-state index in [2.05, 4.69) is 31.0 Å². The molecule has 0 saturated carbocycles. The largest absolute Gasteiger partial charge is 0.409 e. The van der Waals surface area contributed by atoms with Gasteiger partial charge in [0.25, 0.3) is 0 Å². The molecule has 4 nitrogen and oxygen atoms in total. The number of hydrogen-bond acceptors (Lipinski definition) is 3. The van der Waals surface area contributed by atoms with Crippen molar-refractivity contribution >= 4 is 5.84 Å². The van der Waals surface area contributed by atoms with Crippen LogP contribution in [0.3, 0.4) is 0 Å². The summed E-state index contributed by atoms with van der Waals surface area (Å²) in [5.41, 5.74) is 5.51. The second-order valence-corrected chi connectivity index (χ2v) is 5.25. The van der Waals surface area contributed by atoms with E-state index in [-0.39, 0.29) is 0 Å². The molecule has 3 N–H and O–H groups in total. The third-order valence-electron chi connectivity index (χ3n) is 3.50. The Morgan fingerprint density at radius 2 is 1.72 bits per heavy atom. The van der Waals surface area contributed by atoms with Crippen LogP contribution in [0.25, 0.3) is 0 Å². The zero-order valence-corrected chi connectivity index (χ0v) is 12.4. The molecule has 0 aliphatic heterocycles. The Morgan fingerprint density at radius 1 is 1.17 bits per heavy atom. The van der Waals surface area contributed by atoms with Gasteiger partial charge in [-0.2, -0.15) is 0 Å². The van der Waals surface area contributed by atoms with E-state index < -0.39 is 0 Å². The molecule has 0 heterocycles. The minimum atomic E-state index is 0.314. The maximum atomic E-state index is 8.53. The van der Waals surface area contributed by atoms with Crippen LogP contribution in [0.5, 0.6) is 0 Å². The summed E-state index contributed by atoms with van der Waals surface area (Å²) in [6.07, 6.45) is 9.97. The van der Waals surface area contributed by atoms with Gasteiger partial charge in [0.15, 0.2) is 0 Å². The molecule has 0 radical (unpaired) electrons. The van der Waals surface area contributed by atoms with Crippen LogP contribution >= 0.6 is 0 Å². The van der Waals surface area contributed by atoms with Crippen molar-refractivity contribution in [3.63, 3.8) is 0 Å². The van der Waals surface area contributed by atoms with Crippen LogP contribution in [0, 0.1) is 0 Å². The highest BCUT2D eigenvalue weighted by molar-refractivity contribution is 5.80. The van der Waals surface area contributed by atoms with Crippen LogP contribution in [0.2, 0.25) is 0 Å². The fraction of sp³-hybridized carbons (Fsp3) is 0.929. The van der Waals surface area contributed by atoms with Gasteiger partial charge in [-0.25, -0.2) is 0 Å². The number of nitrogens with zero attached hydrogens (tertiary/aromatic N) is 2. The molecule has 0 aliphatic rings. The van der Waals surface area contributed by atoms with Gasteiger partial charge in [0.05, 0.1) is 0 Å². The molecule has 18 heavy (non-hydrogen) atoms. The first-order valence-corrected chi connectivity index (χ1v) is 7.28. The molecule has 0 rings (SSSR count). The molecule has 4 heteroatoms. The molecule has 0 aromatic heterocycles. The van der Waals surface area contributed by atoms with Gasteiger partial charge < -0.3 is 15.8 Å². The third-order valence-corrected chi connectivity index (χ3v) is 3.50. The Kier molecular flexibility index (Phi) is 10.8. The summed E-state index contributed by atoms with van der Waals surface area (Å²) in [5, 5.41) is 11.5. The standard InChI is InChI=1S/C14H31N3O/c1-4-5-6-7-8-9-10-11-17(3)13(2)12-14(15)16-18/h13,18H,4-12H2,1-3H3,(H2,15,16). The van der Waals surface area contributed by atoms with E-state index >= 15 is 0 Å². The normalized spacial score (nSPS) is 14.1. The van der Waals surface area contributed by atoms with Gasteiger partial charge in [-0.05, 0) is 26.9 Å². The lowest BCUT2D eigenvalue weighted by Gasteiger charge is -2.24. The summed E-state index contributed by atoms with van der Waals surface area (Å²) in [4.78, 5) is 2.28. The lowest BCUT2D eigenvalue weighted by molar-refractivity contribution is 0.253. The summed E-state index contributed by atoms with van der Waals surface area (Å²) in [6.45, 7) is 5.45. The van der Waals surface area contributed by atoms with E-state index in [0.717, 1.165) is 6.54 Å². The van der Waals surface area contributed by atoms with Crippen molar-refractivity contribution in [2.75, 3.05) is 13.6 Å². The number of amidine groups is 1. The summed E-state index contributed by atoms with van der Waals surface area (Å²) in [7, 11) is 2.10. The van der Waals surface area contributed by atoms with Gasteiger partial charge in [-0.3, -0.25) is 0 Å². The Labute approximate surface area is 112 Å². The zero-order valence-electron chi connectivity index (χ0n) is 12.4. The predicted octanol–water partition coefficient (Wildman–Crippen LogP) is 3.19. The molecule has 0 saturated heterocycles. The first-order chi connectivity index (χ1) is 8.61. The SMILES string of the molecule is CCCCCCCCCN(C)C(C)CC(N)=NO. The molecule has 1 unspecified atom stereocenters. The Morgan fingerprint density at radius 3 is 2.28 bits per heavy atom. The van der Waals surface area contributed by atoms with Gasteiger partial charge in [0.2, 0.25) is 0 Å². The van der Waals surface area contributed by atoms with Crippen molar-refractivity contribution in [1.29, 1.82) is 0 Å². The van der Waals surface area contributed by atoms with Gasteiger partial charge in [-0.1, -0.05) is 50.6 Å². The minimum Gasteiger partial charge on any atom is -0.409 e. The lowest BCUT2D eigenvalue weighted by Crippen LogP contribution is -2.33. The van der Waals surface area contributed by atoms with Gasteiger partial charge in [0.1, 0.15) is 5.84 Å². The first-order valence-electron chi connectivity index (χ1n) is 7.28. The molecule has 0 aliphatic carbocycles. The van der Waals surface area contributed by atoms with E-state index in [1.165, 1.54) is 44.9 Å². The molecule has 0 fully saturated rings. The van der Waals surface area contributed by atoms with Crippen LogP contribution in [-0.2, 0) is 0 Å². The molecule has 0 spiro atoms. The van der Waals surface area contributed by atoms with Crippen LogP contribution < -0.4 is 5.73 Å². The topological polar surface area (TPSA) is 61.8 Å². The zero-order chi connectivity index (χ0) is 13.8. The average molecular weight is 257 g/mol.